The summed E-state index contributed by atoms with van der Waals surface area (Å²) in [4.78, 5) is 12.2. The zero-order valence-corrected chi connectivity index (χ0v) is 18.9. The van der Waals surface area contributed by atoms with Crippen LogP contribution in [-0.4, -0.2) is 41.1 Å². The van der Waals surface area contributed by atoms with E-state index in [1.807, 2.05) is 24.3 Å². The third kappa shape index (κ3) is 6.21. The lowest BCUT2D eigenvalue weighted by atomic mass is 9.87. The topological polar surface area (TPSA) is 93.7 Å². The fourth-order valence-electron chi connectivity index (χ4n) is 2.77. The Balaban J connectivity index is 2.00. The summed E-state index contributed by atoms with van der Waals surface area (Å²) in [5, 5.41) is 2.64. The van der Waals surface area contributed by atoms with Crippen LogP contribution in [0.4, 0.5) is 0 Å². The van der Waals surface area contributed by atoms with E-state index in [4.69, 9.17) is 9.47 Å². The second-order valence-corrected chi connectivity index (χ2v) is 9.51. The van der Waals surface area contributed by atoms with Crippen molar-refractivity contribution in [3.8, 4) is 11.5 Å². The van der Waals surface area contributed by atoms with Crippen LogP contribution in [0.3, 0.4) is 0 Å². The lowest BCUT2D eigenvalue weighted by molar-refractivity contribution is 0.0952. The molecule has 2 N–H and O–H groups in total. The number of amides is 1. The number of benzene rings is 2. The van der Waals surface area contributed by atoms with Gasteiger partial charge in [0.25, 0.3) is 5.91 Å². The molecule has 30 heavy (non-hydrogen) atoms. The van der Waals surface area contributed by atoms with Gasteiger partial charge in [-0.1, -0.05) is 32.9 Å². The molecule has 0 unspecified atom stereocenters. The fraction of sp³-hybridized carbons (Fsp3) is 0.409. The van der Waals surface area contributed by atoms with E-state index in [-0.39, 0.29) is 29.0 Å². The molecule has 0 fully saturated rings. The molecule has 0 saturated heterocycles. The number of hydrogen-bond donors (Lipinski definition) is 2. The van der Waals surface area contributed by atoms with Crippen molar-refractivity contribution in [2.24, 2.45) is 0 Å². The summed E-state index contributed by atoms with van der Waals surface area (Å²) in [5.74, 6) is 0.584. The van der Waals surface area contributed by atoms with Gasteiger partial charge >= 0.3 is 0 Å². The summed E-state index contributed by atoms with van der Waals surface area (Å²) in [5.41, 5.74) is 1.41. The highest BCUT2D eigenvalue weighted by Gasteiger charge is 2.19. The maximum atomic E-state index is 12.6. The third-order valence-corrected chi connectivity index (χ3v) is 5.91. The van der Waals surface area contributed by atoms with Crippen LogP contribution >= 0.6 is 0 Å². The molecule has 2 aromatic carbocycles. The van der Waals surface area contributed by atoms with Crippen molar-refractivity contribution in [3.05, 3.63) is 53.6 Å². The first-order valence-electron chi connectivity index (χ1n) is 9.77. The molecule has 0 aliphatic rings. The molecule has 1 amide bonds. The van der Waals surface area contributed by atoms with E-state index < -0.39 is 15.9 Å². The van der Waals surface area contributed by atoms with Crippen molar-refractivity contribution in [3.63, 3.8) is 0 Å². The van der Waals surface area contributed by atoms with E-state index in [0.29, 0.717) is 18.0 Å². The Morgan fingerprint density at radius 1 is 1.07 bits per heavy atom. The number of carbonyl (C=O) groups excluding carboxylic acids is 1. The number of sulfonamides is 1. The maximum Gasteiger partial charge on any atom is 0.255 e. The molecule has 0 saturated carbocycles. The number of nitrogens with one attached hydrogen (secondary N) is 2. The van der Waals surface area contributed by atoms with Crippen LogP contribution in [0.25, 0.3) is 0 Å². The zero-order chi connectivity index (χ0) is 22.4. The Labute approximate surface area is 178 Å². The van der Waals surface area contributed by atoms with E-state index in [9.17, 15) is 13.2 Å². The molecular weight excluding hydrogens is 404 g/mol. The van der Waals surface area contributed by atoms with Crippen LogP contribution in [0.5, 0.6) is 11.5 Å². The molecule has 0 aliphatic heterocycles. The lowest BCUT2D eigenvalue weighted by Gasteiger charge is -2.19. The average Bonchev–Trinajstić information content (AvgIpc) is 2.70. The highest BCUT2D eigenvalue weighted by Crippen LogP contribution is 2.24. The number of rotatable bonds is 9. The van der Waals surface area contributed by atoms with Crippen molar-refractivity contribution in [2.75, 3.05) is 26.8 Å². The molecule has 0 atom stereocenters. The van der Waals surface area contributed by atoms with Crippen LogP contribution in [-0.2, 0) is 15.4 Å². The zero-order valence-electron chi connectivity index (χ0n) is 18.1. The number of ether oxygens (including phenoxy) is 2. The molecule has 0 bridgehead atoms. The summed E-state index contributed by atoms with van der Waals surface area (Å²) < 4.78 is 38.5. The molecular formula is C22H30N2O5S. The van der Waals surface area contributed by atoms with Gasteiger partial charge in [-0.2, -0.15) is 0 Å². The van der Waals surface area contributed by atoms with Crippen LogP contribution in [0.15, 0.2) is 47.4 Å². The lowest BCUT2D eigenvalue weighted by Crippen LogP contribution is -2.29. The van der Waals surface area contributed by atoms with Crippen molar-refractivity contribution in [1.82, 2.24) is 10.0 Å². The van der Waals surface area contributed by atoms with E-state index >= 15 is 0 Å². The van der Waals surface area contributed by atoms with E-state index in [1.165, 1.54) is 30.9 Å². The van der Waals surface area contributed by atoms with Gasteiger partial charge in [-0.15, -0.1) is 0 Å². The van der Waals surface area contributed by atoms with Gasteiger partial charge in [-0.05, 0) is 48.2 Å². The van der Waals surface area contributed by atoms with Crippen molar-refractivity contribution >= 4 is 15.9 Å². The Morgan fingerprint density at radius 3 is 2.30 bits per heavy atom. The van der Waals surface area contributed by atoms with Gasteiger partial charge in [0.05, 0.1) is 17.6 Å². The van der Waals surface area contributed by atoms with Crippen molar-refractivity contribution < 1.29 is 22.7 Å². The van der Waals surface area contributed by atoms with Gasteiger partial charge in [0.1, 0.15) is 18.1 Å². The van der Waals surface area contributed by atoms with E-state index in [1.54, 1.807) is 6.92 Å². The van der Waals surface area contributed by atoms with Gasteiger partial charge in [-0.25, -0.2) is 13.1 Å². The summed E-state index contributed by atoms with van der Waals surface area (Å²) in [6.07, 6.45) is 0. The summed E-state index contributed by atoms with van der Waals surface area (Å²) in [7, 11) is -2.38. The summed E-state index contributed by atoms with van der Waals surface area (Å²) in [6, 6.07) is 11.9. The van der Waals surface area contributed by atoms with Gasteiger partial charge in [0, 0.05) is 13.1 Å². The number of carbonyl (C=O) groups is 1. The first-order valence-corrected chi connectivity index (χ1v) is 11.3. The molecule has 0 aliphatic carbocycles. The first kappa shape index (κ1) is 23.7. The largest absolute Gasteiger partial charge is 0.496 e. The van der Waals surface area contributed by atoms with Crippen molar-refractivity contribution in [2.45, 2.75) is 38.0 Å². The molecule has 7 nitrogen and oxygen atoms in total. The van der Waals surface area contributed by atoms with Crippen LogP contribution < -0.4 is 19.5 Å². The normalized spacial score (nSPS) is 11.8. The minimum Gasteiger partial charge on any atom is -0.496 e. The Hall–Kier alpha value is -2.58. The Kier molecular flexibility index (Phi) is 7.86. The van der Waals surface area contributed by atoms with E-state index in [2.05, 4.69) is 30.8 Å². The highest BCUT2D eigenvalue weighted by atomic mass is 32.2. The summed E-state index contributed by atoms with van der Waals surface area (Å²) in [6.45, 7) is 8.87. The maximum absolute atomic E-state index is 12.6. The smallest absolute Gasteiger partial charge is 0.255 e. The molecule has 0 heterocycles. The van der Waals surface area contributed by atoms with Crippen LogP contribution in [0.1, 0.15) is 43.6 Å². The number of methoxy groups -OCH3 is 1. The molecule has 164 valence electrons. The molecule has 2 aromatic rings. The van der Waals surface area contributed by atoms with Gasteiger partial charge < -0.3 is 14.8 Å². The van der Waals surface area contributed by atoms with Crippen LogP contribution in [0.2, 0.25) is 0 Å². The monoisotopic (exact) mass is 434 g/mol. The SMILES string of the molecule is CCNC(=O)c1cc(S(=O)(=O)NCCOc2ccc(C(C)(C)C)cc2)ccc1OC. The molecule has 8 heteroatoms. The molecule has 0 radical (unpaired) electrons. The minimum atomic E-state index is -3.80. The second kappa shape index (κ2) is 9.95. The van der Waals surface area contributed by atoms with Gasteiger partial charge in [0.15, 0.2) is 0 Å². The third-order valence-electron chi connectivity index (χ3n) is 4.45. The quantitative estimate of drug-likeness (QED) is 0.592. The standard InChI is InChI=1S/C22H30N2O5S/c1-6-23-21(25)19-15-18(11-12-20(19)28-5)30(26,27)24-13-14-29-17-9-7-16(8-10-17)22(2,3)4/h7-12,15,24H,6,13-14H2,1-5H3,(H,23,25). The highest BCUT2D eigenvalue weighted by molar-refractivity contribution is 7.89. The minimum absolute atomic E-state index is 0.0147. The van der Waals surface area contributed by atoms with Gasteiger partial charge in [0.2, 0.25) is 10.0 Å². The Bertz CT molecular complexity index is 964. The second-order valence-electron chi connectivity index (χ2n) is 7.74. The predicted molar refractivity (Wildman–Crippen MR) is 117 cm³/mol. The molecule has 0 aromatic heterocycles. The van der Waals surface area contributed by atoms with E-state index in [0.717, 1.165) is 0 Å². The number of hydrogen-bond acceptors (Lipinski definition) is 5. The Morgan fingerprint density at radius 2 is 1.73 bits per heavy atom. The summed E-state index contributed by atoms with van der Waals surface area (Å²) >= 11 is 0. The first-order chi connectivity index (χ1) is 14.1. The molecule has 2 rings (SSSR count). The molecule has 0 spiro atoms. The van der Waals surface area contributed by atoms with Crippen LogP contribution in [0, 0.1) is 0 Å². The van der Waals surface area contributed by atoms with Crippen molar-refractivity contribution in [1.29, 1.82) is 0 Å². The average molecular weight is 435 g/mol. The predicted octanol–water partition coefficient (Wildman–Crippen LogP) is 3.10. The fourth-order valence-corrected chi connectivity index (χ4v) is 3.81. The van der Waals surface area contributed by atoms with Gasteiger partial charge in [-0.3, -0.25) is 4.79 Å².